The van der Waals surface area contributed by atoms with Crippen LogP contribution >= 0.6 is 0 Å². The summed E-state index contributed by atoms with van der Waals surface area (Å²) in [7, 11) is 0. The number of carbonyl (C=O) groups excluding carboxylic acids is 1. The molecule has 1 aromatic carbocycles. The fraction of sp³-hybridized carbons (Fsp3) is 0.533. The Morgan fingerprint density at radius 1 is 1.33 bits per heavy atom. The fourth-order valence-corrected chi connectivity index (χ4v) is 3.33. The van der Waals surface area contributed by atoms with E-state index in [-0.39, 0.29) is 17.4 Å². The number of carbonyl (C=O) groups is 1. The molecular formula is C15H20N2O. The molecule has 3 heteroatoms. The lowest BCUT2D eigenvalue weighted by atomic mass is 9.61. The zero-order valence-electron chi connectivity index (χ0n) is 11.1. The molecule has 2 N–H and O–H groups in total. The van der Waals surface area contributed by atoms with E-state index in [9.17, 15) is 4.79 Å². The lowest BCUT2D eigenvalue weighted by Gasteiger charge is -2.50. The lowest BCUT2D eigenvalue weighted by Crippen LogP contribution is -2.55. The van der Waals surface area contributed by atoms with E-state index < -0.39 is 0 Å². The average molecular weight is 244 g/mol. The summed E-state index contributed by atoms with van der Waals surface area (Å²) in [5.41, 5.74) is 8.82. The van der Waals surface area contributed by atoms with Gasteiger partial charge in [-0.15, -0.1) is 0 Å². The molecule has 96 valence electrons. The van der Waals surface area contributed by atoms with Crippen LogP contribution in [0, 0.1) is 0 Å². The van der Waals surface area contributed by atoms with Gasteiger partial charge in [0.1, 0.15) is 0 Å². The van der Waals surface area contributed by atoms with E-state index in [2.05, 4.69) is 19.9 Å². The summed E-state index contributed by atoms with van der Waals surface area (Å²) >= 11 is 0. The minimum Gasteiger partial charge on any atom is -0.398 e. The summed E-state index contributed by atoms with van der Waals surface area (Å²) in [6.45, 7) is 5.02. The maximum Gasteiger partial charge on any atom is 0.256 e. The van der Waals surface area contributed by atoms with Crippen LogP contribution in [-0.4, -0.2) is 23.4 Å². The van der Waals surface area contributed by atoms with Gasteiger partial charge in [0.2, 0.25) is 0 Å². The number of benzene rings is 1. The summed E-state index contributed by atoms with van der Waals surface area (Å²) in [4.78, 5) is 14.5. The highest BCUT2D eigenvalue weighted by molar-refractivity contribution is 6.02. The second kappa shape index (κ2) is 3.74. The first-order valence-electron chi connectivity index (χ1n) is 6.75. The Kier molecular flexibility index (Phi) is 2.40. The molecule has 0 radical (unpaired) electrons. The van der Waals surface area contributed by atoms with Gasteiger partial charge in [-0.2, -0.15) is 0 Å². The van der Waals surface area contributed by atoms with Crippen molar-refractivity contribution in [3.63, 3.8) is 0 Å². The molecule has 1 aliphatic heterocycles. The minimum absolute atomic E-state index is 0.107. The predicted molar refractivity (Wildman–Crippen MR) is 72.6 cm³/mol. The van der Waals surface area contributed by atoms with Crippen molar-refractivity contribution < 1.29 is 4.79 Å². The molecule has 0 saturated heterocycles. The number of nitrogen functional groups attached to an aromatic ring is 1. The van der Waals surface area contributed by atoms with Gasteiger partial charge >= 0.3 is 0 Å². The standard InChI is InChI=1S/C15H20N2O/c1-10(2)17-9-15(7-4-8-15)11-5-3-6-12(16)13(11)14(17)18/h3,5-6,10H,4,7-9,16H2,1-2H3. The van der Waals surface area contributed by atoms with Crippen LogP contribution in [0.2, 0.25) is 0 Å². The molecule has 1 spiro atoms. The number of hydrogen-bond donors (Lipinski definition) is 1. The van der Waals surface area contributed by atoms with Crippen LogP contribution in [0.3, 0.4) is 0 Å². The SMILES string of the molecule is CC(C)N1CC2(CCC2)c2cccc(N)c2C1=O. The summed E-state index contributed by atoms with van der Waals surface area (Å²) in [5.74, 6) is 0.107. The number of hydrogen-bond acceptors (Lipinski definition) is 2. The molecule has 0 bridgehead atoms. The minimum atomic E-state index is 0.107. The van der Waals surface area contributed by atoms with Gasteiger partial charge in [0.15, 0.2) is 0 Å². The van der Waals surface area contributed by atoms with Crippen LogP contribution in [-0.2, 0) is 5.41 Å². The van der Waals surface area contributed by atoms with Gasteiger partial charge in [0.25, 0.3) is 5.91 Å². The number of nitrogens with two attached hydrogens (primary N) is 1. The molecule has 2 aliphatic rings. The van der Waals surface area contributed by atoms with Crippen LogP contribution in [0.5, 0.6) is 0 Å². The molecule has 1 amide bonds. The maximum absolute atomic E-state index is 12.6. The van der Waals surface area contributed by atoms with Crippen molar-refractivity contribution in [3.8, 4) is 0 Å². The number of anilines is 1. The molecule has 1 aliphatic carbocycles. The second-order valence-electron chi connectivity index (χ2n) is 5.93. The van der Waals surface area contributed by atoms with E-state index in [4.69, 9.17) is 5.73 Å². The maximum atomic E-state index is 12.6. The van der Waals surface area contributed by atoms with E-state index in [1.165, 1.54) is 24.8 Å². The van der Waals surface area contributed by atoms with Gasteiger partial charge in [0, 0.05) is 23.7 Å². The van der Waals surface area contributed by atoms with Crippen LogP contribution in [0.25, 0.3) is 0 Å². The van der Waals surface area contributed by atoms with Gasteiger partial charge in [-0.05, 0) is 38.3 Å². The molecule has 3 rings (SSSR count). The molecule has 1 heterocycles. The van der Waals surface area contributed by atoms with Crippen molar-refractivity contribution in [2.24, 2.45) is 0 Å². The summed E-state index contributed by atoms with van der Waals surface area (Å²) in [6.07, 6.45) is 3.62. The quantitative estimate of drug-likeness (QED) is 0.772. The summed E-state index contributed by atoms with van der Waals surface area (Å²) in [6, 6.07) is 6.16. The Hall–Kier alpha value is -1.51. The number of fused-ring (bicyclic) bond motifs is 2. The Bertz CT molecular complexity index is 503. The molecular weight excluding hydrogens is 224 g/mol. The Labute approximate surface area is 108 Å². The number of nitrogens with zero attached hydrogens (tertiary/aromatic N) is 1. The number of rotatable bonds is 1. The molecule has 0 atom stereocenters. The highest BCUT2D eigenvalue weighted by Gasteiger charge is 2.47. The van der Waals surface area contributed by atoms with Gasteiger partial charge in [0.05, 0.1) is 5.56 Å². The van der Waals surface area contributed by atoms with Crippen LogP contribution < -0.4 is 5.73 Å². The van der Waals surface area contributed by atoms with Crippen LogP contribution in [0.1, 0.15) is 49.0 Å². The normalized spacial score (nSPS) is 21.1. The fourth-order valence-electron chi connectivity index (χ4n) is 3.33. The van der Waals surface area contributed by atoms with Gasteiger partial charge < -0.3 is 10.6 Å². The lowest BCUT2D eigenvalue weighted by molar-refractivity contribution is 0.0516. The third-order valence-electron chi connectivity index (χ3n) is 4.55. The largest absolute Gasteiger partial charge is 0.398 e. The summed E-state index contributed by atoms with van der Waals surface area (Å²) in [5, 5.41) is 0. The van der Waals surface area contributed by atoms with Gasteiger partial charge in [-0.3, -0.25) is 4.79 Å². The topological polar surface area (TPSA) is 46.3 Å². The smallest absolute Gasteiger partial charge is 0.256 e. The first-order valence-corrected chi connectivity index (χ1v) is 6.75. The Morgan fingerprint density at radius 2 is 2.06 bits per heavy atom. The van der Waals surface area contributed by atoms with Crippen molar-refractivity contribution in [3.05, 3.63) is 29.3 Å². The van der Waals surface area contributed by atoms with E-state index in [0.717, 1.165) is 12.1 Å². The molecule has 0 aromatic heterocycles. The molecule has 1 aromatic rings. The second-order valence-corrected chi connectivity index (χ2v) is 5.93. The molecule has 3 nitrogen and oxygen atoms in total. The first kappa shape index (κ1) is 11.6. The van der Waals surface area contributed by atoms with Gasteiger partial charge in [-0.25, -0.2) is 0 Å². The third-order valence-corrected chi connectivity index (χ3v) is 4.55. The van der Waals surface area contributed by atoms with E-state index >= 15 is 0 Å². The van der Waals surface area contributed by atoms with E-state index in [1.54, 1.807) is 0 Å². The van der Waals surface area contributed by atoms with Crippen molar-refractivity contribution >= 4 is 11.6 Å². The predicted octanol–water partition coefficient (Wildman–Crippen LogP) is 2.55. The van der Waals surface area contributed by atoms with Crippen molar-refractivity contribution in [2.45, 2.75) is 44.6 Å². The Morgan fingerprint density at radius 3 is 2.61 bits per heavy atom. The van der Waals surface area contributed by atoms with E-state index in [1.807, 2.05) is 17.0 Å². The van der Waals surface area contributed by atoms with Crippen molar-refractivity contribution in [2.75, 3.05) is 12.3 Å². The first-order chi connectivity index (χ1) is 8.55. The van der Waals surface area contributed by atoms with Crippen molar-refractivity contribution in [1.29, 1.82) is 0 Å². The summed E-state index contributed by atoms with van der Waals surface area (Å²) < 4.78 is 0. The molecule has 0 unspecified atom stereocenters. The third kappa shape index (κ3) is 1.39. The monoisotopic (exact) mass is 244 g/mol. The average Bonchev–Trinajstić information content (AvgIpc) is 2.27. The number of amides is 1. The highest BCUT2D eigenvalue weighted by atomic mass is 16.2. The van der Waals surface area contributed by atoms with E-state index in [0.29, 0.717) is 5.69 Å². The van der Waals surface area contributed by atoms with Gasteiger partial charge in [-0.1, -0.05) is 18.6 Å². The molecule has 18 heavy (non-hydrogen) atoms. The highest BCUT2D eigenvalue weighted by Crippen LogP contribution is 2.49. The zero-order chi connectivity index (χ0) is 12.9. The zero-order valence-corrected chi connectivity index (χ0v) is 11.1. The molecule has 1 fully saturated rings. The van der Waals surface area contributed by atoms with Crippen LogP contribution in [0.15, 0.2) is 18.2 Å². The van der Waals surface area contributed by atoms with Crippen LogP contribution in [0.4, 0.5) is 5.69 Å². The van der Waals surface area contributed by atoms with Crippen molar-refractivity contribution in [1.82, 2.24) is 4.90 Å². The molecule has 1 saturated carbocycles. The Balaban J connectivity index is 2.17.